The van der Waals surface area contributed by atoms with E-state index in [2.05, 4.69) is 10.3 Å². The Morgan fingerprint density at radius 1 is 1.38 bits per heavy atom. The van der Waals surface area contributed by atoms with Gasteiger partial charge in [0.05, 0.1) is 18.3 Å². The van der Waals surface area contributed by atoms with Gasteiger partial charge in [-0.25, -0.2) is 4.79 Å². The van der Waals surface area contributed by atoms with Crippen LogP contribution in [0.2, 0.25) is 0 Å². The number of carbonyl (C=O) groups excluding carboxylic acids is 1. The standard InChI is InChI=1S/C19H29N4O6/c1-28-12-15-14(24)10-17(29-15)23-11-13(18(26)22-19(23)27)6-7-16(25)21-9-5-3-2-4-8-20/h6-7,10-11,14-15,17,24H,2-5,8-9,12,20H2,1H3,(H,21,25)(H,22,26,27)/b7-6+/t14?,15-,17-/m1/s1. The molecule has 1 saturated heterocycles. The van der Waals surface area contributed by atoms with Crippen LogP contribution in [-0.2, 0) is 14.3 Å². The van der Waals surface area contributed by atoms with Crippen molar-refractivity contribution in [1.82, 2.24) is 14.9 Å². The second-order valence-corrected chi connectivity index (χ2v) is 6.78. The van der Waals surface area contributed by atoms with Gasteiger partial charge in [0.1, 0.15) is 12.3 Å². The molecule has 3 atom stereocenters. The van der Waals surface area contributed by atoms with Crippen LogP contribution < -0.4 is 22.3 Å². The summed E-state index contributed by atoms with van der Waals surface area (Å²) in [4.78, 5) is 38.2. The topological polar surface area (TPSA) is 149 Å². The quantitative estimate of drug-likeness (QED) is 0.279. The van der Waals surface area contributed by atoms with Crippen LogP contribution in [0.3, 0.4) is 0 Å². The van der Waals surface area contributed by atoms with Gasteiger partial charge >= 0.3 is 5.69 Å². The molecule has 0 aromatic carbocycles. The van der Waals surface area contributed by atoms with Crippen LogP contribution in [0.1, 0.15) is 37.5 Å². The lowest BCUT2D eigenvalue weighted by molar-refractivity contribution is -0.116. The first-order valence-electron chi connectivity index (χ1n) is 9.65. The number of aromatic amines is 1. The SMILES string of the molecule is COC[C@H]1O[C@@H](n2cc(/C=C/C(=O)NCCCCCCN)c(=O)[nH]c2=O)[CH]C1O. The van der Waals surface area contributed by atoms with E-state index in [4.69, 9.17) is 15.2 Å². The van der Waals surface area contributed by atoms with Crippen molar-refractivity contribution in [3.8, 4) is 0 Å². The van der Waals surface area contributed by atoms with E-state index in [1.54, 1.807) is 0 Å². The van der Waals surface area contributed by atoms with E-state index in [1.807, 2.05) is 0 Å². The van der Waals surface area contributed by atoms with E-state index in [1.165, 1.54) is 31.9 Å². The van der Waals surface area contributed by atoms with Crippen molar-refractivity contribution in [2.24, 2.45) is 5.73 Å². The highest BCUT2D eigenvalue weighted by atomic mass is 16.6. The molecule has 2 rings (SSSR count). The summed E-state index contributed by atoms with van der Waals surface area (Å²) in [6, 6.07) is 0. The molecule has 1 fully saturated rings. The van der Waals surface area contributed by atoms with Crippen molar-refractivity contribution >= 4 is 12.0 Å². The van der Waals surface area contributed by atoms with Crippen molar-refractivity contribution in [1.29, 1.82) is 0 Å². The summed E-state index contributed by atoms with van der Waals surface area (Å²) in [5.74, 6) is -0.333. The number of rotatable bonds is 11. The predicted molar refractivity (Wildman–Crippen MR) is 107 cm³/mol. The Balaban J connectivity index is 1.98. The Labute approximate surface area is 168 Å². The van der Waals surface area contributed by atoms with E-state index >= 15 is 0 Å². The van der Waals surface area contributed by atoms with Crippen molar-refractivity contribution in [2.45, 2.75) is 44.1 Å². The van der Waals surface area contributed by atoms with Gasteiger partial charge in [-0.15, -0.1) is 0 Å². The van der Waals surface area contributed by atoms with Gasteiger partial charge in [-0.05, 0) is 25.5 Å². The maximum absolute atomic E-state index is 12.1. The first kappa shape index (κ1) is 23.0. The van der Waals surface area contributed by atoms with Crippen molar-refractivity contribution in [3.05, 3.63) is 45.1 Å². The summed E-state index contributed by atoms with van der Waals surface area (Å²) in [5, 5.41) is 12.7. The van der Waals surface area contributed by atoms with Gasteiger partial charge in [-0.1, -0.05) is 12.8 Å². The molecule has 1 radical (unpaired) electrons. The summed E-state index contributed by atoms with van der Waals surface area (Å²) >= 11 is 0. The van der Waals surface area contributed by atoms with Crippen molar-refractivity contribution in [2.75, 3.05) is 26.8 Å². The third kappa shape index (κ3) is 6.93. The summed E-state index contributed by atoms with van der Waals surface area (Å²) in [6.45, 7) is 1.36. The number of aliphatic hydroxyl groups excluding tert-OH is 1. The second kappa shape index (κ2) is 11.7. The zero-order chi connectivity index (χ0) is 21.2. The maximum Gasteiger partial charge on any atom is 0.330 e. The molecular weight excluding hydrogens is 380 g/mol. The molecule has 0 spiro atoms. The average Bonchev–Trinajstić information content (AvgIpc) is 3.04. The van der Waals surface area contributed by atoms with Crippen LogP contribution in [0.5, 0.6) is 0 Å². The number of nitrogens with two attached hydrogens (primary N) is 1. The molecule has 161 valence electrons. The Kier molecular flexibility index (Phi) is 9.26. The lowest BCUT2D eigenvalue weighted by Crippen LogP contribution is -2.33. The molecule has 0 saturated carbocycles. The van der Waals surface area contributed by atoms with Gasteiger partial charge < -0.3 is 25.6 Å². The van der Waals surface area contributed by atoms with Crippen LogP contribution in [0.25, 0.3) is 6.08 Å². The van der Waals surface area contributed by atoms with E-state index < -0.39 is 29.7 Å². The fourth-order valence-corrected chi connectivity index (χ4v) is 2.93. The van der Waals surface area contributed by atoms with E-state index in [9.17, 15) is 19.5 Å². The Hall–Kier alpha value is -2.27. The highest BCUT2D eigenvalue weighted by molar-refractivity contribution is 5.91. The van der Waals surface area contributed by atoms with Crippen LogP contribution in [0.15, 0.2) is 21.9 Å². The number of nitrogens with zero attached hydrogens (tertiary/aromatic N) is 1. The third-order valence-corrected chi connectivity index (χ3v) is 4.50. The number of methoxy groups -OCH3 is 1. The monoisotopic (exact) mass is 409 g/mol. The minimum absolute atomic E-state index is 0.115. The highest BCUT2D eigenvalue weighted by Gasteiger charge is 2.35. The van der Waals surface area contributed by atoms with E-state index in [0.717, 1.165) is 30.3 Å². The molecule has 10 heteroatoms. The molecule has 2 heterocycles. The zero-order valence-corrected chi connectivity index (χ0v) is 16.5. The molecule has 0 bridgehead atoms. The number of aromatic nitrogens is 2. The molecule has 1 aromatic heterocycles. The number of aliphatic hydroxyl groups is 1. The second-order valence-electron chi connectivity index (χ2n) is 6.78. The number of amides is 1. The molecule has 10 nitrogen and oxygen atoms in total. The van der Waals surface area contributed by atoms with Gasteiger partial charge in [0.25, 0.3) is 5.56 Å². The smallest absolute Gasteiger partial charge is 0.330 e. The fraction of sp³-hybridized carbons (Fsp3) is 0.579. The number of H-pyrrole nitrogens is 1. The first-order chi connectivity index (χ1) is 14.0. The van der Waals surface area contributed by atoms with E-state index in [0.29, 0.717) is 13.1 Å². The van der Waals surface area contributed by atoms with Crippen LogP contribution in [0, 0.1) is 6.42 Å². The fourth-order valence-electron chi connectivity index (χ4n) is 2.93. The Bertz CT molecular complexity index is 803. The molecule has 29 heavy (non-hydrogen) atoms. The number of unbranched alkanes of at least 4 members (excludes halogenated alkanes) is 3. The van der Waals surface area contributed by atoms with Crippen LogP contribution >= 0.6 is 0 Å². The molecule has 1 amide bonds. The lowest BCUT2D eigenvalue weighted by Gasteiger charge is -2.15. The number of hydrogen-bond acceptors (Lipinski definition) is 7. The minimum atomic E-state index is -0.909. The molecule has 0 aliphatic carbocycles. The summed E-state index contributed by atoms with van der Waals surface area (Å²) in [6.07, 6.45) is 6.75. The first-order valence-corrected chi connectivity index (χ1v) is 9.65. The molecule has 1 aliphatic heterocycles. The van der Waals surface area contributed by atoms with Crippen LogP contribution in [0.4, 0.5) is 0 Å². The maximum atomic E-state index is 12.1. The molecule has 5 N–H and O–H groups in total. The molecule has 1 aromatic rings. The minimum Gasteiger partial charge on any atom is -0.390 e. The highest BCUT2D eigenvalue weighted by Crippen LogP contribution is 2.26. The number of nitrogens with one attached hydrogen (secondary N) is 2. The van der Waals surface area contributed by atoms with Crippen LogP contribution in [-0.4, -0.2) is 59.6 Å². The lowest BCUT2D eigenvalue weighted by atomic mass is 10.2. The molecular formula is C19H29N4O6. The third-order valence-electron chi connectivity index (χ3n) is 4.50. The Morgan fingerprint density at radius 2 is 2.14 bits per heavy atom. The normalized spacial score (nSPS) is 21.7. The van der Waals surface area contributed by atoms with Gasteiger partial charge in [-0.2, -0.15) is 0 Å². The van der Waals surface area contributed by atoms with Crippen molar-refractivity contribution in [3.63, 3.8) is 0 Å². The van der Waals surface area contributed by atoms with Gasteiger partial charge in [0.2, 0.25) is 5.91 Å². The largest absolute Gasteiger partial charge is 0.390 e. The van der Waals surface area contributed by atoms with Crippen molar-refractivity contribution < 1.29 is 19.4 Å². The number of carbonyl (C=O) groups is 1. The van der Waals surface area contributed by atoms with Gasteiger partial charge in [-0.3, -0.25) is 19.1 Å². The Morgan fingerprint density at radius 3 is 2.86 bits per heavy atom. The molecule has 1 unspecified atom stereocenters. The number of hydrogen-bond donors (Lipinski definition) is 4. The zero-order valence-electron chi connectivity index (χ0n) is 16.5. The summed E-state index contributed by atoms with van der Waals surface area (Å²) in [7, 11) is 1.48. The van der Waals surface area contributed by atoms with E-state index in [-0.39, 0.29) is 18.1 Å². The summed E-state index contributed by atoms with van der Waals surface area (Å²) < 4.78 is 11.7. The average molecular weight is 409 g/mol. The predicted octanol–water partition coefficient (Wildman–Crippen LogP) is -0.706. The summed E-state index contributed by atoms with van der Waals surface area (Å²) in [5.41, 5.74) is 4.24. The van der Waals surface area contributed by atoms with Gasteiger partial charge in [0, 0.05) is 32.3 Å². The molecule has 1 aliphatic rings. The van der Waals surface area contributed by atoms with Gasteiger partial charge in [0.15, 0.2) is 0 Å². The number of ether oxygens (including phenoxy) is 2.